The van der Waals surface area contributed by atoms with Crippen molar-refractivity contribution < 1.29 is 14.3 Å². The van der Waals surface area contributed by atoms with Crippen LogP contribution in [0.4, 0.5) is 0 Å². The number of unbranched alkanes of at least 4 members (excludes halogenated alkanes) is 3. The third-order valence-electron chi connectivity index (χ3n) is 3.46. The van der Waals surface area contributed by atoms with Crippen LogP contribution < -0.4 is 14.8 Å². The van der Waals surface area contributed by atoms with E-state index in [1.54, 1.807) is 0 Å². The summed E-state index contributed by atoms with van der Waals surface area (Å²) in [6.07, 6.45) is 6.47. The highest BCUT2D eigenvalue weighted by Crippen LogP contribution is 2.32. The van der Waals surface area contributed by atoms with Gasteiger partial charge < -0.3 is 14.8 Å². The van der Waals surface area contributed by atoms with Crippen molar-refractivity contribution in [1.82, 2.24) is 5.32 Å². The van der Waals surface area contributed by atoms with Gasteiger partial charge in [0, 0.05) is 0 Å². The molecular weight excluding hydrogens is 342 g/mol. The fraction of sp³-hybridized carbons (Fsp3) is 0.444. The number of carbonyl (C=O) groups is 1. The first-order valence-corrected chi connectivity index (χ1v) is 9.51. The topological polar surface area (TPSA) is 47.6 Å². The third kappa shape index (κ3) is 5.53. The van der Waals surface area contributed by atoms with Crippen LogP contribution >= 0.6 is 24.0 Å². The Hall–Kier alpha value is -1.53. The van der Waals surface area contributed by atoms with E-state index in [1.165, 1.54) is 31.0 Å². The molecule has 24 heavy (non-hydrogen) atoms. The Morgan fingerprint density at radius 2 is 2.00 bits per heavy atom. The summed E-state index contributed by atoms with van der Waals surface area (Å²) >= 11 is 6.27. The van der Waals surface area contributed by atoms with Crippen LogP contribution in [0, 0.1) is 0 Å². The number of hydrogen-bond donors (Lipinski definition) is 1. The van der Waals surface area contributed by atoms with Gasteiger partial charge in [0.05, 0.1) is 18.1 Å². The van der Waals surface area contributed by atoms with Gasteiger partial charge >= 0.3 is 0 Å². The number of nitrogens with one attached hydrogen (secondary N) is 1. The van der Waals surface area contributed by atoms with Crippen LogP contribution in [0.3, 0.4) is 0 Å². The minimum absolute atomic E-state index is 0.154. The van der Waals surface area contributed by atoms with Gasteiger partial charge in [0.1, 0.15) is 4.32 Å². The molecule has 4 nitrogen and oxygen atoms in total. The Labute approximate surface area is 153 Å². The molecule has 1 amide bonds. The summed E-state index contributed by atoms with van der Waals surface area (Å²) in [5.41, 5.74) is 0.888. The molecule has 0 aliphatic carbocycles. The van der Waals surface area contributed by atoms with Gasteiger partial charge in [-0.15, -0.1) is 0 Å². The fourth-order valence-electron chi connectivity index (χ4n) is 2.29. The van der Waals surface area contributed by atoms with Gasteiger partial charge in [0.25, 0.3) is 5.91 Å². The number of benzene rings is 1. The molecule has 0 atom stereocenters. The lowest BCUT2D eigenvalue weighted by molar-refractivity contribution is -0.115. The van der Waals surface area contributed by atoms with E-state index in [2.05, 4.69) is 12.2 Å². The molecule has 1 heterocycles. The Balaban J connectivity index is 2.07. The van der Waals surface area contributed by atoms with E-state index in [-0.39, 0.29) is 5.91 Å². The molecule has 1 aliphatic rings. The molecule has 1 fully saturated rings. The maximum atomic E-state index is 11.8. The Morgan fingerprint density at radius 1 is 1.17 bits per heavy atom. The van der Waals surface area contributed by atoms with Gasteiger partial charge in [0.2, 0.25) is 0 Å². The van der Waals surface area contributed by atoms with Crippen molar-refractivity contribution in [2.45, 2.75) is 39.5 Å². The zero-order chi connectivity index (χ0) is 17.4. The van der Waals surface area contributed by atoms with Crippen LogP contribution in [0.2, 0.25) is 0 Å². The highest BCUT2D eigenvalue weighted by atomic mass is 32.2. The zero-order valence-corrected chi connectivity index (χ0v) is 15.7. The van der Waals surface area contributed by atoms with E-state index >= 15 is 0 Å². The fourth-order valence-corrected chi connectivity index (χ4v) is 3.33. The molecule has 0 bridgehead atoms. The number of amides is 1. The molecule has 6 heteroatoms. The van der Waals surface area contributed by atoms with E-state index < -0.39 is 0 Å². The van der Waals surface area contributed by atoms with E-state index in [4.69, 9.17) is 21.7 Å². The summed E-state index contributed by atoms with van der Waals surface area (Å²) in [6, 6.07) is 5.71. The van der Waals surface area contributed by atoms with Gasteiger partial charge in [-0.05, 0) is 37.1 Å². The molecular formula is C18H23NO3S2. The van der Waals surface area contributed by atoms with Gasteiger partial charge in [-0.1, -0.05) is 56.2 Å². The first-order valence-electron chi connectivity index (χ1n) is 8.28. The quantitative estimate of drug-likeness (QED) is 0.396. The maximum Gasteiger partial charge on any atom is 0.263 e. The van der Waals surface area contributed by atoms with Crippen LogP contribution in [0.25, 0.3) is 6.08 Å². The Morgan fingerprint density at radius 3 is 2.67 bits per heavy atom. The van der Waals surface area contributed by atoms with Crippen LogP contribution in [-0.4, -0.2) is 23.4 Å². The predicted molar refractivity (Wildman–Crippen MR) is 104 cm³/mol. The lowest BCUT2D eigenvalue weighted by Crippen LogP contribution is -2.17. The van der Waals surface area contributed by atoms with Gasteiger partial charge in [0.15, 0.2) is 11.5 Å². The second-order valence-electron chi connectivity index (χ2n) is 5.40. The number of hydrogen-bond acceptors (Lipinski definition) is 5. The molecule has 1 aromatic carbocycles. The zero-order valence-electron chi connectivity index (χ0n) is 14.1. The van der Waals surface area contributed by atoms with Crippen molar-refractivity contribution in [3.05, 3.63) is 28.7 Å². The van der Waals surface area contributed by atoms with Crippen molar-refractivity contribution in [3.8, 4) is 11.5 Å². The summed E-state index contributed by atoms with van der Waals surface area (Å²) in [5, 5.41) is 2.61. The Bertz CT molecular complexity index is 629. The van der Waals surface area contributed by atoms with Crippen LogP contribution in [0.1, 0.15) is 45.1 Å². The summed E-state index contributed by atoms with van der Waals surface area (Å²) in [4.78, 5) is 12.3. The molecule has 0 unspecified atom stereocenters. The minimum Gasteiger partial charge on any atom is -0.490 e. The van der Waals surface area contributed by atoms with Crippen LogP contribution in [0.15, 0.2) is 23.1 Å². The number of carbonyl (C=O) groups excluding carboxylic acids is 1. The summed E-state index contributed by atoms with van der Waals surface area (Å²) < 4.78 is 12.0. The lowest BCUT2D eigenvalue weighted by atomic mass is 10.2. The number of thioether (sulfide) groups is 1. The van der Waals surface area contributed by atoms with Crippen molar-refractivity contribution in [2.24, 2.45) is 0 Å². The first-order chi connectivity index (χ1) is 11.6. The number of ether oxygens (including phenoxy) is 2. The largest absolute Gasteiger partial charge is 0.490 e. The van der Waals surface area contributed by atoms with Crippen molar-refractivity contribution in [3.63, 3.8) is 0 Å². The highest BCUT2D eigenvalue weighted by molar-refractivity contribution is 8.26. The maximum absolute atomic E-state index is 11.8. The smallest absolute Gasteiger partial charge is 0.263 e. The van der Waals surface area contributed by atoms with Crippen molar-refractivity contribution >= 4 is 40.3 Å². The van der Waals surface area contributed by atoms with Crippen LogP contribution in [-0.2, 0) is 4.79 Å². The van der Waals surface area contributed by atoms with Gasteiger partial charge in [-0.2, -0.15) is 0 Å². The van der Waals surface area contributed by atoms with Crippen LogP contribution in [0.5, 0.6) is 11.5 Å². The number of thiocarbonyl (C=S) groups is 1. The standard InChI is InChI=1S/C18H23NO3S2/c1-3-5-6-7-10-22-14-9-8-13(11-15(14)21-4-2)12-16-17(20)19-18(23)24-16/h8-9,11-12H,3-7,10H2,1-2H3,(H,19,20,23)/b16-12+. The lowest BCUT2D eigenvalue weighted by Gasteiger charge is -2.12. The van der Waals surface area contributed by atoms with Gasteiger partial charge in [-0.25, -0.2) is 0 Å². The molecule has 1 aromatic rings. The van der Waals surface area contributed by atoms with Gasteiger partial charge in [-0.3, -0.25) is 4.79 Å². The molecule has 130 valence electrons. The first kappa shape index (κ1) is 18.8. The average molecular weight is 366 g/mol. The molecule has 0 saturated carbocycles. The minimum atomic E-state index is -0.154. The molecule has 0 spiro atoms. The molecule has 1 aliphatic heterocycles. The summed E-state index contributed by atoms with van der Waals surface area (Å²) in [5.74, 6) is 1.29. The van der Waals surface area contributed by atoms with E-state index in [0.717, 1.165) is 17.7 Å². The average Bonchev–Trinajstić information content (AvgIpc) is 2.87. The monoisotopic (exact) mass is 365 g/mol. The number of rotatable bonds is 9. The summed E-state index contributed by atoms with van der Waals surface area (Å²) in [6.45, 7) is 5.38. The van der Waals surface area contributed by atoms with Crippen molar-refractivity contribution in [1.29, 1.82) is 0 Å². The SMILES string of the molecule is CCCCCCOc1ccc(/C=C2/SC(=S)NC2=O)cc1OCC. The van der Waals surface area contributed by atoms with E-state index in [1.807, 2.05) is 31.2 Å². The predicted octanol–water partition coefficient (Wildman–Crippen LogP) is 4.53. The van der Waals surface area contributed by atoms with Crippen molar-refractivity contribution in [2.75, 3.05) is 13.2 Å². The van der Waals surface area contributed by atoms with E-state index in [0.29, 0.717) is 28.2 Å². The molecule has 2 rings (SSSR count). The Kier molecular flexibility index (Phi) is 7.59. The van der Waals surface area contributed by atoms with E-state index in [9.17, 15) is 4.79 Å². The third-order valence-corrected chi connectivity index (χ3v) is 4.63. The second-order valence-corrected chi connectivity index (χ2v) is 7.12. The molecule has 0 aromatic heterocycles. The molecule has 1 saturated heterocycles. The summed E-state index contributed by atoms with van der Waals surface area (Å²) in [7, 11) is 0. The molecule has 1 N–H and O–H groups in total. The molecule has 0 radical (unpaired) electrons. The normalized spacial score (nSPS) is 15.7. The second kappa shape index (κ2) is 9.69. The highest BCUT2D eigenvalue weighted by Gasteiger charge is 2.22.